The van der Waals surface area contributed by atoms with Gasteiger partial charge in [0.2, 0.25) is 0 Å². The topological polar surface area (TPSA) is 101 Å². The number of nitrogens with one attached hydrogen (secondary N) is 2. The highest BCUT2D eigenvalue weighted by Gasteiger charge is 2.29. The number of alkyl halides is 1. The lowest BCUT2D eigenvalue weighted by Gasteiger charge is -2.31. The number of ether oxygens (including phenoxy) is 1. The number of ketones is 1. The minimum Gasteiger partial charge on any atom is -0.497 e. The highest BCUT2D eigenvalue weighted by Crippen LogP contribution is 2.24. The van der Waals surface area contributed by atoms with Crippen LogP contribution in [0.15, 0.2) is 42.6 Å². The second kappa shape index (κ2) is 12.4. The first kappa shape index (κ1) is 26.3. The lowest BCUT2D eigenvalue weighted by Crippen LogP contribution is -2.44. The molecule has 9 heteroatoms. The summed E-state index contributed by atoms with van der Waals surface area (Å²) in [5, 5.41) is 5.45. The average Bonchev–Trinajstić information content (AvgIpc) is 2.91. The summed E-state index contributed by atoms with van der Waals surface area (Å²) in [6.45, 7) is 2.86. The fraction of sp³-hybridized carbons (Fsp3) is 0.462. The Hall–Kier alpha value is -3.33. The molecule has 188 valence electrons. The van der Waals surface area contributed by atoms with E-state index in [1.807, 2.05) is 0 Å². The van der Waals surface area contributed by atoms with Crippen LogP contribution in [0.25, 0.3) is 0 Å². The molecule has 0 radical (unpaired) electrons. The molecule has 0 aliphatic carbocycles. The van der Waals surface area contributed by atoms with Crippen molar-refractivity contribution in [1.82, 2.24) is 20.5 Å². The maximum absolute atomic E-state index is 14.2. The van der Waals surface area contributed by atoms with Crippen molar-refractivity contribution in [3.05, 3.63) is 59.4 Å². The summed E-state index contributed by atoms with van der Waals surface area (Å²) >= 11 is 0. The monoisotopic (exact) mass is 484 g/mol. The Balaban J connectivity index is 1.54. The molecule has 1 aliphatic heterocycles. The lowest BCUT2D eigenvalue weighted by molar-refractivity contribution is 0.0645. The summed E-state index contributed by atoms with van der Waals surface area (Å²) in [5.74, 6) is -0.0378. The molecule has 2 N–H and O–H groups in total. The van der Waals surface area contributed by atoms with Crippen molar-refractivity contribution in [1.29, 1.82) is 0 Å². The van der Waals surface area contributed by atoms with Crippen LogP contribution in [-0.2, 0) is 0 Å². The Morgan fingerprint density at radius 1 is 1.11 bits per heavy atom. The van der Waals surface area contributed by atoms with Gasteiger partial charge in [0.25, 0.3) is 11.8 Å². The van der Waals surface area contributed by atoms with Crippen molar-refractivity contribution < 1.29 is 23.5 Å². The second-order valence-electron chi connectivity index (χ2n) is 8.65. The van der Waals surface area contributed by atoms with Crippen molar-refractivity contribution in [3.63, 3.8) is 0 Å². The zero-order valence-corrected chi connectivity index (χ0v) is 20.4. The Bertz CT molecular complexity index is 1010. The first-order chi connectivity index (χ1) is 16.9. The maximum atomic E-state index is 14.2. The highest BCUT2D eigenvalue weighted by molar-refractivity contribution is 5.99. The van der Waals surface area contributed by atoms with E-state index in [1.165, 1.54) is 18.3 Å². The number of amides is 2. The fourth-order valence-corrected chi connectivity index (χ4v) is 4.19. The van der Waals surface area contributed by atoms with Crippen molar-refractivity contribution >= 4 is 17.6 Å². The van der Waals surface area contributed by atoms with Gasteiger partial charge in [-0.2, -0.15) is 0 Å². The van der Waals surface area contributed by atoms with Crippen molar-refractivity contribution in [2.45, 2.75) is 38.4 Å². The summed E-state index contributed by atoms with van der Waals surface area (Å²) in [5.41, 5.74) is 1.13. The zero-order valence-electron chi connectivity index (χ0n) is 20.4. The third-order valence-electron chi connectivity index (χ3n) is 6.36. The maximum Gasteiger partial charge on any atom is 0.272 e. The molecule has 1 aromatic heterocycles. The first-order valence-corrected chi connectivity index (χ1v) is 11.9. The Labute approximate surface area is 205 Å². The highest BCUT2D eigenvalue weighted by atomic mass is 19.1. The summed E-state index contributed by atoms with van der Waals surface area (Å²) in [6.07, 6.45) is 1.73. The molecule has 2 heterocycles. The van der Waals surface area contributed by atoms with E-state index in [1.54, 1.807) is 50.2 Å². The SMILES string of the molecule is CCC(NC(=O)c1ccc(C(=O)N2CCC(C(=O)c3ccc(OC)cc3)CC2)nc1)[C@H](F)CNC. The van der Waals surface area contributed by atoms with Crippen molar-refractivity contribution in [3.8, 4) is 5.75 Å². The van der Waals surface area contributed by atoms with Crippen molar-refractivity contribution in [2.75, 3.05) is 33.8 Å². The van der Waals surface area contributed by atoms with Crippen LogP contribution in [0.1, 0.15) is 57.4 Å². The largest absolute Gasteiger partial charge is 0.497 e. The van der Waals surface area contributed by atoms with E-state index in [0.717, 1.165) is 0 Å². The molecule has 0 bridgehead atoms. The third kappa shape index (κ3) is 6.63. The summed E-state index contributed by atoms with van der Waals surface area (Å²) in [6, 6.07) is 9.47. The van der Waals surface area contributed by atoms with Gasteiger partial charge in [0.05, 0.1) is 18.7 Å². The number of rotatable bonds is 10. The normalized spacial score (nSPS) is 15.8. The third-order valence-corrected chi connectivity index (χ3v) is 6.36. The lowest BCUT2D eigenvalue weighted by atomic mass is 9.88. The molecule has 35 heavy (non-hydrogen) atoms. The molecule has 8 nitrogen and oxygen atoms in total. The molecule has 1 unspecified atom stereocenters. The summed E-state index contributed by atoms with van der Waals surface area (Å²) < 4.78 is 19.3. The minimum absolute atomic E-state index is 0.0730. The molecule has 1 saturated heterocycles. The van der Waals surface area contributed by atoms with Crippen molar-refractivity contribution in [2.24, 2.45) is 5.92 Å². The van der Waals surface area contributed by atoms with Gasteiger partial charge in [-0.3, -0.25) is 19.4 Å². The van der Waals surface area contributed by atoms with Crippen LogP contribution in [-0.4, -0.2) is 73.5 Å². The van der Waals surface area contributed by atoms with Gasteiger partial charge in [-0.25, -0.2) is 4.39 Å². The Morgan fingerprint density at radius 2 is 1.77 bits per heavy atom. The van der Waals surface area contributed by atoms with E-state index >= 15 is 0 Å². The van der Waals surface area contributed by atoms with Crippen LogP contribution in [0, 0.1) is 5.92 Å². The zero-order chi connectivity index (χ0) is 25.4. The minimum atomic E-state index is -1.21. The van der Waals surface area contributed by atoms with Crippen LogP contribution in [0.4, 0.5) is 4.39 Å². The number of hydrogen-bond acceptors (Lipinski definition) is 6. The number of benzene rings is 1. The van der Waals surface area contributed by atoms with Gasteiger partial charge < -0.3 is 20.3 Å². The number of carbonyl (C=O) groups excluding carboxylic acids is 3. The molecular formula is C26H33FN4O4. The number of pyridine rings is 1. The smallest absolute Gasteiger partial charge is 0.272 e. The van der Waals surface area contributed by atoms with Gasteiger partial charge in [0.15, 0.2) is 5.78 Å². The molecule has 0 spiro atoms. The molecule has 2 atom stereocenters. The van der Waals surface area contributed by atoms with E-state index in [2.05, 4.69) is 15.6 Å². The summed E-state index contributed by atoms with van der Waals surface area (Å²) in [7, 11) is 3.23. The van der Waals surface area contributed by atoms with Gasteiger partial charge in [-0.1, -0.05) is 6.92 Å². The van der Waals surface area contributed by atoms with Gasteiger partial charge in [-0.15, -0.1) is 0 Å². The number of nitrogens with zero attached hydrogens (tertiary/aromatic N) is 2. The molecule has 1 fully saturated rings. The van der Waals surface area contributed by atoms with E-state index < -0.39 is 18.1 Å². The van der Waals surface area contributed by atoms with Gasteiger partial charge in [-0.05, 0) is 62.7 Å². The van der Waals surface area contributed by atoms with Crippen LogP contribution in [0.3, 0.4) is 0 Å². The molecule has 3 rings (SSSR count). The van der Waals surface area contributed by atoms with E-state index in [4.69, 9.17) is 4.74 Å². The van der Waals surface area contributed by atoms with Crippen LogP contribution in [0.2, 0.25) is 0 Å². The Kier molecular flexibility index (Phi) is 9.31. The number of Topliss-reactive ketones (excluding diaryl/α,β-unsaturated/α-hetero) is 1. The standard InChI is InChI=1S/C26H33FN4O4/c1-4-22(21(27)16-28-2)30-25(33)19-7-10-23(29-15-19)26(34)31-13-11-18(12-14-31)24(32)17-5-8-20(35-3)9-6-17/h5-10,15,18,21-22,28H,4,11-14,16H2,1-3H3,(H,30,33)/t21-,22?/m1/s1. The van der Waals surface area contributed by atoms with Crippen LogP contribution < -0.4 is 15.4 Å². The average molecular weight is 485 g/mol. The van der Waals surface area contributed by atoms with Gasteiger partial charge in [0, 0.05) is 37.3 Å². The van der Waals surface area contributed by atoms with E-state index in [0.29, 0.717) is 43.7 Å². The van der Waals surface area contributed by atoms with Crippen LogP contribution in [0.5, 0.6) is 5.75 Å². The predicted molar refractivity (Wildman–Crippen MR) is 131 cm³/mol. The molecule has 2 amide bonds. The van der Waals surface area contributed by atoms with Gasteiger partial charge >= 0.3 is 0 Å². The second-order valence-corrected chi connectivity index (χ2v) is 8.65. The molecule has 1 aromatic carbocycles. The quantitative estimate of drug-likeness (QED) is 0.503. The number of aromatic nitrogens is 1. The number of hydrogen-bond donors (Lipinski definition) is 2. The molecule has 1 aliphatic rings. The number of likely N-dealkylation sites (tertiary alicyclic amines) is 1. The number of methoxy groups -OCH3 is 1. The molecular weight excluding hydrogens is 451 g/mol. The molecule has 2 aromatic rings. The Morgan fingerprint density at radius 3 is 2.31 bits per heavy atom. The predicted octanol–water partition coefficient (Wildman–Crippen LogP) is 2.89. The number of carbonyl (C=O) groups is 3. The van der Waals surface area contributed by atoms with E-state index in [9.17, 15) is 18.8 Å². The van der Waals surface area contributed by atoms with E-state index in [-0.39, 0.29) is 35.4 Å². The fourth-order valence-electron chi connectivity index (χ4n) is 4.19. The number of halogens is 1. The summed E-state index contributed by atoms with van der Waals surface area (Å²) in [4.78, 5) is 44.0. The first-order valence-electron chi connectivity index (χ1n) is 11.9. The van der Waals surface area contributed by atoms with Gasteiger partial charge in [0.1, 0.15) is 17.6 Å². The number of piperidine rings is 1. The van der Waals surface area contributed by atoms with Crippen LogP contribution >= 0.6 is 0 Å². The molecule has 0 saturated carbocycles.